The first-order valence-electron chi connectivity index (χ1n) is 7.96. The van der Waals surface area contributed by atoms with Crippen molar-refractivity contribution < 1.29 is 4.79 Å². The fourth-order valence-electron chi connectivity index (χ4n) is 2.46. The van der Waals surface area contributed by atoms with Crippen molar-refractivity contribution in [2.75, 3.05) is 5.32 Å². The maximum Gasteiger partial charge on any atom is 0.268 e. The molecule has 0 unspecified atom stereocenters. The van der Waals surface area contributed by atoms with Gasteiger partial charge in [-0.3, -0.25) is 19.9 Å². The number of benzene rings is 1. The molecule has 0 bridgehead atoms. The Morgan fingerprint density at radius 1 is 1.22 bits per heavy atom. The van der Waals surface area contributed by atoms with Gasteiger partial charge in [0.05, 0.1) is 17.6 Å². The van der Waals surface area contributed by atoms with Gasteiger partial charge in [-0.15, -0.1) is 11.3 Å². The van der Waals surface area contributed by atoms with Crippen molar-refractivity contribution in [1.29, 1.82) is 0 Å². The minimum Gasteiger partial charge on any atom is -0.304 e. The zero-order valence-electron chi connectivity index (χ0n) is 14.1. The van der Waals surface area contributed by atoms with Gasteiger partial charge < -0.3 is 5.32 Å². The third kappa shape index (κ3) is 3.71. The Bertz CT molecular complexity index is 1090. The number of aromatic nitrogens is 5. The van der Waals surface area contributed by atoms with Crippen LogP contribution < -0.4 is 5.32 Å². The predicted octanol–water partition coefficient (Wildman–Crippen LogP) is 4.20. The van der Waals surface area contributed by atoms with Crippen LogP contribution in [0.4, 0.5) is 5.82 Å². The van der Waals surface area contributed by atoms with Gasteiger partial charge in [-0.25, -0.2) is 4.98 Å². The summed E-state index contributed by atoms with van der Waals surface area (Å²) in [6.45, 7) is 1.79. The molecule has 4 rings (SSSR count). The first-order chi connectivity index (χ1) is 13.1. The van der Waals surface area contributed by atoms with E-state index in [1.54, 1.807) is 43.7 Å². The lowest BCUT2D eigenvalue weighted by Gasteiger charge is -1.99. The maximum absolute atomic E-state index is 12.6. The van der Waals surface area contributed by atoms with E-state index in [1.165, 1.54) is 11.3 Å². The van der Waals surface area contributed by atoms with Crippen LogP contribution in [0.15, 0.2) is 48.9 Å². The van der Waals surface area contributed by atoms with Gasteiger partial charge in [0.2, 0.25) is 0 Å². The van der Waals surface area contributed by atoms with Crippen molar-refractivity contribution in [3.05, 3.63) is 64.5 Å². The normalized spacial score (nSPS) is 10.7. The van der Waals surface area contributed by atoms with Crippen LogP contribution in [-0.2, 0) is 0 Å². The summed E-state index contributed by atoms with van der Waals surface area (Å²) in [5.74, 6) is 0.160. The zero-order chi connectivity index (χ0) is 18.8. The Morgan fingerprint density at radius 2 is 2.04 bits per heavy atom. The molecule has 0 aliphatic heterocycles. The van der Waals surface area contributed by atoms with Crippen LogP contribution in [0.1, 0.15) is 15.4 Å². The monoisotopic (exact) mass is 396 g/mol. The van der Waals surface area contributed by atoms with Crippen LogP contribution >= 0.6 is 22.9 Å². The van der Waals surface area contributed by atoms with Gasteiger partial charge in [-0.2, -0.15) is 5.10 Å². The largest absolute Gasteiger partial charge is 0.304 e. The molecule has 134 valence electrons. The molecule has 7 nitrogen and oxygen atoms in total. The topological polar surface area (TPSA) is 96.5 Å². The Labute approximate surface area is 163 Å². The molecule has 0 saturated heterocycles. The van der Waals surface area contributed by atoms with Gasteiger partial charge in [0.25, 0.3) is 5.91 Å². The SMILES string of the molecule is Cc1nc(-c2cnccn2)sc1C(=O)Nc1cc(-c2ccc(Cl)cc2)[nH]n1. The second kappa shape index (κ2) is 7.26. The molecule has 0 saturated carbocycles. The summed E-state index contributed by atoms with van der Waals surface area (Å²) in [4.78, 5) is 25.8. The Hall–Kier alpha value is -3.10. The second-order valence-electron chi connectivity index (χ2n) is 5.65. The summed E-state index contributed by atoms with van der Waals surface area (Å²) in [5, 5.41) is 11.2. The van der Waals surface area contributed by atoms with E-state index < -0.39 is 0 Å². The minimum absolute atomic E-state index is 0.269. The van der Waals surface area contributed by atoms with E-state index in [0.717, 1.165) is 11.3 Å². The number of aromatic amines is 1. The van der Waals surface area contributed by atoms with Crippen LogP contribution in [0.2, 0.25) is 5.02 Å². The summed E-state index contributed by atoms with van der Waals surface area (Å²) in [6, 6.07) is 9.11. The molecular weight excluding hydrogens is 384 g/mol. The highest BCUT2D eigenvalue weighted by atomic mass is 35.5. The predicted molar refractivity (Wildman–Crippen MR) is 105 cm³/mol. The number of carbonyl (C=O) groups excluding carboxylic acids is 1. The lowest BCUT2D eigenvalue weighted by atomic mass is 10.1. The number of aryl methyl sites for hydroxylation is 1. The third-order valence-electron chi connectivity index (χ3n) is 3.76. The molecule has 27 heavy (non-hydrogen) atoms. The maximum atomic E-state index is 12.6. The van der Waals surface area contributed by atoms with E-state index in [4.69, 9.17) is 11.6 Å². The summed E-state index contributed by atoms with van der Waals surface area (Å²) in [7, 11) is 0. The standard InChI is InChI=1S/C18H13ClN6OS/c1-10-16(27-18(22-10)14-9-20-6-7-21-14)17(26)23-15-8-13(24-25-15)11-2-4-12(19)5-3-11/h2-9H,1H3,(H2,23,24,25,26). The number of halogens is 1. The van der Waals surface area contributed by atoms with Gasteiger partial charge in [-0.05, 0) is 24.6 Å². The smallest absolute Gasteiger partial charge is 0.268 e. The van der Waals surface area contributed by atoms with Gasteiger partial charge in [-0.1, -0.05) is 23.7 Å². The summed E-state index contributed by atoms with van der Waals surface area (Å²) in [6.07, 6.45) is 4.80. The number of hydrogen-bond donors (Lipinski definition) is 2. The molecule has 3 heterocycles. The van der Waals surface area contributed by atoms with E-state index in [-0.39, 0.29) is 5.91 Å². The number of rotatable bonds is 4. The van der Waals surface area contributed by atoms with Crippen molar-refractivity contribution in [3.63, 3.8) is 0 Å². The highest BCUT2D eigenvalue weighted by Crippen LogP contribution is 2.27. The molecule has 4 aromatic rings. The fourth-order valence-corrected chi connectivity index (χ4v) is 3.51. The van der Waals surface area contributed by atoms with Crippen LogP contribution in [0.3, 0.4) is 0 Å². The van der Waals surface area contributed by atoms with Crippen LogP contribution in [0.5, 0.6) is 0 Å². The van der Waals surface area contributed by atoms with E-state index >= 15 is 0 Å². The number of nitrogens with zero attached hydrogens (tertiary/aromatic N) is 4. The number of hydrogen-bond acceptors (Lipinski definition) is 6. The molecule has 3 aromatic heterocycles. The lowest BCUT2D eigenvalue weighted by molar-refractivity contribution is 0.102. The number of carbonyl (C=O) groups is 1. The molecule has 2 N–H and O–H groups in total. The quantitative estimate of drug-likeness (QED) is 0.538. The van der Waals surface area contributed by atoms with E-state index in [1.807, 2.05) is 12.1 Å². The van der Waals surface area contributed by atoms with Gasteiger partial charge in [0.15, 0.2) is 5.82 Å². The molecule has 9 heteroatoms. The van der Waals surface area contributed by atoms with Gasteiger partial charge in [0.1, 0.15) is 15.6 Å². The van der Waals surface area contributed by atoms with Crippen molar-refractivity contribution in [1.82, 2.24) is 25.1 Å². The second-order valence-corrected chi connectivity index (χ2v) is 7.09. The van der Waals surface area contributed by atoms with Crippen LogP contribution in [0, 0.1) is 6.92 Å². The molecule has 0 aliphatic rings. The molecule has 0 atom stereocenters. The minimum atomic E-state index is -0.269. The summed E-state index contributed by atoms with van der Waals surface area (Å²) < 4.78 is 0. The van der Waals surface area contributed by atoms with Crippen LogP contribution in [0.25, 0.3) is 22.0 Å². The first-order valence-corrected chi connectivity index (χ1v) is 9.16. The highest BCUT2D eigenvalue weighted by molar-refractivity contribution is 7.17. The average molecular weight is 397 g/mol. The summed E-state index contributed by atoms with van der Waals surface area (Å²) >= 11 is 7.17. The Balaban J connectivity index is 1.53. The number of amides is 1. The van der Waals surface area contributed by atoms with E-state index in [2.05, 4.69) is 30.5 Å². The van der Waals surface area contributed by atoms with Crippen molar-refractivity contribution in [2.24, 2.45) is 0 Å². The molecule has 0 fully saturated rings. The van der Waals surface area contributed by atoms with Crippen LogP contribution in [-0.4, -0.2) is 31.1 Å². The van der Waals surface area contributed by atoms with Gasteiger partial charge >= 0.3 is 0 Å². The Morgan fingerprint density at radius 3 is 2.78 bits per heavy atom. The highest BCUT2D eigenvalue weighted by Gasteiger charge is 2.18. The number of nitrogens with one attached hydrogen (secondary N) is 2. The average Bonchev–Trinajstić information content (AvgIpc) is 3.30. The van der Waals surface area contributed by atoms with Crippen molar-refractivity contribution >= 4 is 34.7 Å². The fraction of sp³-hybridized carbons (Fsp3) is 0.0556. The molecular formula is C18H13ClN6OS. The first kappa shape index (κ1) is 17.3. The Kier molecular flexibility index (Phi) is 4.66. The number of thiazole rings is 1. The number of anilines is 1. The van der Waals surface area contributed by atoms with Gasteiger partial charge in [0, 0.05) is 23.5 Å². The zero-order valence-corrected chi connectivity index (χ0v) is 15.7. The molecule has 0 radical (unpaired) electrons. The number of H-pyrrole nitrogens is 1. The van der Waals surface area contributed by atoms with Crippen molar-refractivity contribution in [2.45, 2.75) is 6.92 Å². The molecule has 1 aromatic carbocycles. The molecule has 1 amide bonds. The van der Waals surface area contributed by atoms with E-state index in [0.29, 0.717) is 32.1 Å². The molecule has 0 aliphatic carbocycles. The summed E-state index contributed by atoms with van der Waals surface area (Å²) in [5.41, 5.74) is 2.97. The molecule has 0 spiro atoms. The third-order valence-corrected chi connectivity index (χ3v) is 5.19. The van der Waals surface area contributed by atoms with E-state index in [9.17, 15) is 4.79 Å². The van der Waals surface area contributed by atoms with Crippen molar-refractivity contribution in [3.8, 4) is 22.0 Å². The lowest BCUT2D eigenvalue weighted by Crippen LogP contribution is -2.11.